The highest BCUT2D eigenvalue weighted by Gasteiger charge is 2.34. The highest BCUT2D eigenvalue weighted by molar-refractivity contribution is 8.03. The lowest BCUT2D eigenvalue weighted by atomic mass is 9.67. The van der Waals surface area contributed by atoms with Crippen LogP contribution in [0.2, 0.25) is 0 Å². The average molecular weight is 401 g/mol. The molecule has 0 heterocycles. The first-order valence-corrected chi connectivity index (χ1v) is 11.5. The van der Waals surface area contributed by atoms with Crippen LogP contribution < -0.4 is 0 Å². The van der Waals surface area contributed by atoms with Gasteiger partial charge in [-0.25, -0.2) is 0 Å². The molecule has 2 aromatic carbocycles. The maximum Gasteiger partial charge on any atom is 0.0133 e. The van der Waals surface area contributed by atoms with Crippen LogP contribution in [0.15, 0.2) is 65.1 Å². The van der Waals surface area contributed by atoms with Gasteiger partial charge in [0.05, 0.1) is 0 Å². The fourth-order valence-corrected chi connectivity index (χ4v) is 5.63. The van der Waals surface area contributed by atoms with Crippen LogP contribution in [0, 0.1) is 30.6 Å². The standard InChI is InChI=1S/C28H32S/c1-8-12-25(29-9-2)21(5)26-20(4)17-28(6,7)18-24(26)27-19(3)15-16-22-13-10-11-14-23(22)27/h1,10-16,21H,4,9,17-18H2,2-3,5-7H3/b25-12-. The van der Waals surface area contributed by atoms with E-state index in [0.29, 0.717) is 0 Å². The fourth-order valence-electron chi connectivity index (χ4n) is 4.78. The van der Waals surface area contributed by atoms with Gasteiger partial charge in [0.1, 0.15) is 0 Å². The summed E-state index contributed by atoms with van der Waals surface area (Å²) in [6.45, 7) is 16.0. The lowest BCUT2D eigenvalue weighted by Crippen LogP contribution is -2.23. The van der Waals surface area contributed by atoms with E-state index in [9.17, 15) is 0 Å². The molecule has 0 amide bonds. The average Bonchev–Trinajstić information content (AvgIpc) is 2.66. The third kappa shape index (κ3) is 4.39. The third-order valence-electron chi connectivity index (χ3n) is 5.89. The highest BCUT2D eigenvalue weighted by atomic mass is 32.2. The molecule has 0 N–H and O–H groups in total. The maximum atomic E-state index is 5.67. The molecule has 0 bridgehead atoms. The van der Waals surface area contributed by atoms with Gasteiger partial charge in [-0.1, -0.05) is 82.2 Å². The summed E-state index contributed by atoms with van der Waals surface area (Å²) in [7, 11) is 0. The lowest BCUT2D eigenvalue weighted by molar-refractivity contribution is 0.363. The number of allylic oxidation sites excluding steroid dienone is 5. The molecule has 150 valence electrons. The van der Waals surface area contributed by atoms with Gasteiger partial charge < -0.3 is 0 Å². The Bertz CT molecular complexity index is 1040. The first kappa shape index (κ1) is 21.5. The van der Waals surface area contributed by atoms with Crippen molar-refractivity contribution in [3.63, 3.8) is 0 Å². The minimum absolute atomic E-state index is 0.201. The molecule has 2 aromatic rings. The Morgan fingerprint density at radius 2 is 1.97 bits per heavy atom. The van der Waals surface area contributed by atoms with Crippen molar-refractivity contribution < 1.29 is 0 Å². The summed E-state index contributed by atoms with van der Waals surface area (Å²) in [5.41, 5.74) is 7.03. The molecule has 1 aliphatic rings. The molecule has 1 atom stereocenters. The van der Waals surface area contributed by atoms with Gasteiger partial charge >= 0.3 is 0 Å². The van der Waals surface area contributed by atoms with E-state index in [1.54, 1.807) is 0 Å². The van der Waals surface area contributed by atoms with Crippen molar-refractivity contribution in [3.8, 4) is 12.3 Å². The Morgan fingerprint density at radius 1 is 1.24 bits per heavy atom. The third-order valence-corrected chi connectivity index (χ3v) is 6.98. The van der Waals surface area contributed by atoms with Crippen molar-refractivity contribution in [2.24, 2.45) is 11.3 Å². The Morgan fingerprint density at radius 3 is 2.66 bits per heavy atom. The molecule has 29 heavy (non-hydrogen) atoms. The molecule has 3 rings (SSSR count). The first-order chi connectivity index (χ1) is 13.8. The molecule has 0 spiro atoms. The molecule has 0 aromatic heterocycles. The van der Waals surface area contributed by atoms with E-state index >= 15 is 0 Å². The van der Waals surface area contributed by atoms with Crippen LogP contribution in [0.1, 0.15) is 51.7 Å². The van der Waals surface area contributed by atoms with Crippen LogP contribution in [0.5, 0.6) is 0 Å². The molecular weight excluding hydrogens is 368 g/mol. The highest BCUT2D eigenvalue weighted by Crippen LogP contribution is 2.51. The van der Waals surface area contributed by atoms with Gasteiger partial charge in [0.25, 0.3) is 0 Å². The minimum atomic E-state index is 0.201. The largest absolute Gasteiger partial charge is 0.130 e. The zero-order valence-corrected chi connectivity index (χ0v) is 19.2. The molecule has 1 heteroatoms. The lowest BCUT2D eigenvalue weighted by Gasteiger charge is -2.38. The van der Waals surface area contributed by atoms with E-state index in [2.05, 4.69) is 83.5 Å². The summed E-state index contributed by atoms with van der Waals surface area (Å²) in [6, 6.07) is 13.2. The fraction of sp³-hybridized carbons (Fsp3) is 0.357. The quantitative estimate of drug-likeness (QED) is 0.456. The summed E-state index contributed by atoms with van der Waals surface area (Å²) in [4.78, 5) is 1.27. The second kappa shape index (κ2) is 8.68. The number of thioether (sulfide) groups is 1. The van der Waals surface area contributed by atoms with Crippen molar-refractivity contribution in [3.05, 3.63) is 76.2 Å². The molecule has 0 nitrogen and oxygen atoms in total. The predicted molar refractivity (Wildman–Crippen MR) is 132 cm³/mol. The van der Waals surface area contributed by atoms with Gasteiger partial charge in [-0.3, -0.25) is 0 Å². The molecule has 0 aliphatic heterocycles. The first-order valence-electron chi connectivity index (χ1n) is 10.5. The maximum absolute atomic E-state index is 5.67. The molecule has 0 radical (unpaired) electrons. The van der Waals surface area contributed by atoms with Gasteiger partial charge in [0.15, 0.2) is 0 Å². The topological polar surface area (TPSA) is 0 Å². The monoisotopic (exact) mass is 400 g/mol. The van der Waals surface area contributed by atoms with Crippen molar-refractivity contribution in [1.82, 2.24) is 0 Å². The number of hydrogen-bond donors (Lipinski definition) is 0. The minimum Gasteiger partial charge on any atom is -0.130 e. The number of aryl methyl sites for hydroxylation is 1. The summed E-state index contributed by atoms with van der Waals surface area (Å²) in [5.74, 6) is 4.04. The van der Waals surface area contributed by atoms with Gasteiger partial charge in [-0.15, -0.1) is 18.2 Å². The molecule has 0 saturated heterocycles. The van der Waals surface area contributed by atoms with Crippen molar-refractivity contribution in [2.75, 3.05) is 5.75 Å². The number of rotatable bonds is 5. The molecule has 0 saturated carbocycles. The SMILES string of the molecule is C#C/C=C(\SCC)C(C)C1=C(c2c(C)ccc3ccccc23)CC(C)(C)CC1=C. The normalized spacial score (nSPS) is 18.1. The van der Waals surface area contributed by atoms with Crippen LogP contribution in [0.25, 0.3) is 16.3 Å². The van der Waals surface area contributed by atoms with E-state index in [1.807, 2.05) is 17.8 Å². The molecular formula is C28H32S. The van der Waals surface area contributed by atoms with Crippen LogP contribution in [0.3, 0.4) is 0 Å². The van der Waals surface area contributed by atoms with E-state index in [4.69, 9.17) is 6.42 Å². The molecule has 1 unspecified atom stereocenters. The van der Waals surface area contributed by atoms with E-state index in [-0.39, 0.29) is 11.3 Å². The predicted octanol–water partition coefficient (Wildman–Crippen LogP) is 8.18. The zero-order valence-electron chi connectivity index (χ0n) is 18.4. The van der Waals surface area contributed by atoms with Crippen LogP contribution in [-0.2, 0) is 0 Å². The van der Waals surface area contributed by atoms with Gasteiger partial charge in [-0.05, 0) is 70.1 Å². The van der Waals surface area contributed by atoms with Crippen LogP contribution >= 0.6 is 11.8 Å². The van der Waals surface area contributed by atoms with Crippen LogP contribution in [-0.4, -0.2) is 5.75 Å². The van der Waals surface area contributed by atoms with E-state index in [1.165, 1.54) is 43.5 Å². The summed E-state index contributed by atoms with van der Waals surface area (Å²) >= 11 is 1.85. The Hall–Kier alpha value is -2.17. The van der Waals surface area contributed by atoms with Gasteiger partial charge in [0.2, 0.25) is 0 Å². The van der Waals surface area contributed by atoms with Crippen LogP contribution in [0.4, 0.5) is 0 Å². The number of terminal acetylenes is 1. The smallest absolute Gasteiger partial charge is 0.0133 e. The second-order valence-electron chi connectivity index (χ2n) is 8.86. The number of benzene rings is 2. The summed E-state index contributed by atoms with van der Waals surface area (Å²) < 4.78 is 0. The number of fused-ring (bicyclic) bond motifs is 1. The summed E-state index contributed by atoms with van der Waals surface area (Å²) in [5, 5.41) is 2.63. The molecule has 0 fully saturated rings. The molecule has 1 aliphatic carbocycles. The van der Waals surface area contributed by atoms with E-state index in [0.717, 1.165) is 18.6 Å². The van der Waals surface area contributed by atoms with Gasteiger partial charge in [0, 0.05) is 10.8 Å². The van der Waals surface area contributed by atoms with E-state index < -0.39 is 0 Å². The Kier molecular flexibility index (Phi) is 6.45. The summed E-state index contributed by atoms with van der Waals surface area (Å²) in [6.07, 6.45) is 9.71. The van der Waals surface area contributed by atoms with Crippen molar-refractivity contribution >= 4 is 28.1 Å². The zero-order chi connectivity index (χ0) is 21.2. The van der Waals surface area contributed by atoms with Crippen molar-refractivity contribution in [2.45, 2.75) is 47.5 Å². The Balaban J connectivity index is 2.33. The number of hydrogen-bond acceptors (Lipinski definition) is 1. The second-order valence-corrected chi connectivity index (χ2v) is 10.2. The Labute approximate surface area is 181 Å². The van der Waals surface area contributed by atoms with Crippen molar-refractivity contribution in [1.29, 1.82) is 0 Å². The van der Waals surface area contributed by atoms with Gasteiger partial charge in [-0.2, -0.15) is 0 Å².